The Hall–Kier alpha value is -3.80. The van der Waals surface area contributed by atoms with Gasteiger partial charge in [0, 0.05) is 11.4 Å². The number of benzene rings is 3. The van der Waals surface area contributed by atoms with E-state index in [2.05, 4.69) is 36.7 Å². The molecule has 3 N–H and O–H groups in total. The third-order valence-electron chi connectivity index (χ3n) is 4.98. The fraction of sp³-hybridized carbons (Fsp3) is 0.231. The number of para-hydroxylation sites is 2. The van der Waals surface area contributed by atoms with Crippen LogP contribution < -0.4 is 20.7 Å². The van der Waals surface area contributed by atoms with Crippen LogP contribution in [-0.2, 0) is 10.2 Å². The quantitative estimate of drug-likeness (QED) is 0.475. The minimum Gasteiger partial charge on any atom is -0.495 e. The molecule has 3 rings (SSSR count). The summed E-state index contributed by atoms with van der Waals surface area (Å²) in [6.45, 7) is 6.33. The van der Waals surface area contributed by atoms with Gasteiger partial charge < -0.3 is 20.7 Å². The van der Waals surface area contributed by atoms with Crippen molar-refractivity contribution in [1.29, 1.82) is 0 Å². The average molecular weight is 432 g/mol. The number of hydrogen-bond donors (Lipinski definition) is 3. The lowest BCUT2D eigenvalue weighted by molar-refractivity contribution is -0.114. The van der Waals surface area contributed by atoms with Gasteiger partial charge in [0.15, 0.2) is 0 Å². The molecule has 3 aromatic rings. The van der Waals surface area contributed by atoms with Gasteiger partial charge in [0.1, 0.15) is 5.75 Å². The maximum absolute atomic E-state index is 12.7. The Bertz CT molecular complexity index is 1090. The van der Waals surface area contributed by atoms with E-state index < -0.39 is 0 Å². The summed E-state index contributed by atoms with van der Waals surface area (Å²) in [5.41, 5.74) is 3.37. The molecule has 0 saturated carbocycles. The first-order valence-corrected chi connectivity index (χ1v) is 10.5. The zero-order chi connectivity index (χ0) is 23.1. The third kappa shape index (κ3) is 5.88. The Morgan fingerprint density at radius 1 is 0.844 bits per heavy atom. The Kier molecular flexibility index (Phi) is 7.15. The molecule has 0 heterocycles. The van der Waals surface area contributed by atoms with Crippen molar-refractivity contribution in [2.24, 2.45) is 0 Å². The molecule has 0 saturated heterocycles. The van der Waals surface area contributed by atoms with Crippen LogP contribution in [-0.4, -0.2) is 25.5 Å². The number of rotatable bonds is 7. The summed E-state index contributed by atoms with van der Waals surface area (Å²) in [5, 5.41) is 8.84. The van der Waals surface area contributed by atoms with E-state index in [0.29, 0.717) is 28.4 Å². The summed E-state index contributed by atoms with van der Waals surface area (Å²) in [6, 6.07) is 22.1. The van der Waals surface area contributed by atoms with Crippen LogP contribution in [0.1, 0.15) is 36.7 Å². The average Bonchev–Trinajstić information content (AvgIpc) is 2.78. The normalized spacial score (nSPS) is 10.9. The summed E-state index contributed by atoms with van der Waals surface area (Å²) in [5.74, 6) is 0.0980. The van der Waals surface area contributed by atoms with E-state index in [1.165, 1.54) is 0 Å². The van der Waals surface area contributed by atoms with Crippen molar-refractivity contribution in [3.63, 3.8) is 0 Å². The molecule has 0 unspecified atom stereocenters. The van der Waals surface area contributed by atoms with E-state index in [9.17, 15) is 9.59 Å². The first kappa shape index (κ1) is 22.9. The summed E-state index contributed by atoms with van der Waals surface area (Å²) < 4.78 is 5.40. The number of carbonyl (C=O) groups is 2. The van der Waals surface area contributed by atoms with Crippen molar-refractivity contribution in [3.8, 4) is 5.75 Å². The molecule has 6 heteroatoms. The van der Waals surface area contributed by atoms with Crippen molar-refractivity contribution in [2.75, 3.05) is 29.6 Å². The first-order valence-electron chi connectivity index (χ1n) is 10.5. The largest absolute Gasteiger partial charge is 0.495 e. The van der Waals surface area contributed by atoms with E-state index in [4.69, 9.17) is 4.74 Å². The van der Waals surface area contributed by atoms with Crippen molar-refractivity contribution in [2.45, 2.75) is 26.2 Å². The highest BCUT2D eigenvalue weighted by molar-refractivity contribution is 6.08. The number of hydrogen-bond acceptors (Lipinski definition) is 4. The first-order chi connectivity index (χ1) is 15.3. The molecule has 0 aliphatic carbocycles. The van der Waals surface area contributed by atoms with Crippen LogP contribution in [0.15, 0.2) is 72.8 Å². The molecule has 3 aromatic carbocycles. The summed E-state index contributed by atoms with van der Waals surface area (Å²) in [4.78, 5) is 25.4. The molecule has 0 atom stereocenters. The second-order valence-electron chi connectivity index (χ2n) is 8.43. The van der Waals surface area contributed by atoms with Crippen molar-refractivity contribution >= 4 is 28.9 Å². The molecule has 6 nitrogen and oxygen atoms in total. The molecular weight excluding hydrogens is 402 g/mol. The molecule has 0 aliphatic rings. The van der Waals surface area contributed by atoms with E-state index in [-0.39, 0.29) is 23.8 Å². The molecule has 2 amide bonds. The topological polar surface area (TPSA) is 79.5 Å². The molecule has 0 aliphatic heterocycles. The zero-order valence-corrected chi connectivity index (χ0v) is 18.9. The zero-order valence-electron chi connectivity index (χ0n) is 18.9. The predicted molar refractivity (Wildman–Crippen MR) is 130 cm³/mol. The molecule has 32 heavy (non-hydrogen) atoms. The molecule has 166 valence electrons. The Morgan fingerprint density at radius 2 is 1.53 bits per heavy atom. The smallest absolute Gasteiger partial charge is 0.257 e. The van der Waals surface area contributed by atoms with E-state index in [1.54, 1.807) is 25.3 Å². The second kappa shape index (κ2) is 10.0. The monoisotopic (exact) mass is 431 g/mol. The number of nitrogens with one attached hydrogen (secondary N) is 3. The second-order valence-corrected chi connectivity index (χ2v) is 8.43. The number of ether oxygens (including phenoxy) is 1. The van der Waals surface area contributed by atoms with Crippen LogP contribution in [0.3, 0.4) is 0 Å². The van der Waals surface area contributed by atoms with Gasteiger partial charge in [-0.2, -0.15) is 0 Å². The maximum Gasteiger partial charge on any atom is 0.257 e. The number of anilines is 3. The molecule has 0 fully saturated rings. The van der Waals surface area contributed by atoms with Crippen LogP contribution in [0.2, 0.25) is 0 Å². The van der Waals surface area contributed by atoms with Crippen LogP contribution in [0, 0.1) is 0 Å². The van der Waals surface area contributed by atoms with E-state index >= 15 is 0 Å². The maximum atomic E-state index is 12.7. The van der Waals surface area contributed by atoms with Crippen molar-refractivity contribution in [3.05, 3.63) is 83.9 Å². The van der Waals surface area contributed by atoms with Crippen molar-refractivity contribution < 1.29 is 14.3 Å². The molecule has 0 aromatic heterocycles. The van der Waals surface area contributed by atoms with Gasteiger partial charge in [-0.1, -0.05) is 57.2 Å². The van der Waals surface area contributed by atoms with E-state index in [0.717, 1.165) is 5.56 Å². The van der Waals surface area contributed by atoms with Gasteiger partial charge in [-0.3, -0.25) is 9.59 Å². The van der Waals surface area contributed by atoms with Gasteiger partial charge in [-0.05, 0) is 47.4 Å². The van der Waals surface area contributed by atoms with Gasteiger partial charge in [-0.15, -0.1) is 0 Å². The molecule has 0 bridgehead atoms. The summed E-state index contributed by atoms with van der Waals surface area (Å²) >= 11 is 0. The highest BCUT2D eigenvalue weighted by atomic mass is 16.5. The fourth-order valence-corrected chi connectivity index (χ4v) is 3.20. The fourth-order valence-electron chi connectivity index (χ4n) is 3.20. The molecule has 0 radical (unpaired) electrons. The minimum absolute atomic E-state index is 0.00146. The number of methoxy groups -OCH3 is 1. The van der Waals surface area contributed by atoms with Crippen LogP contribution in [0.4, 0.5) is 17.1 Å². The minimum atomic E-state index is -0.251. The number of amides is 2. The van der Waals surface area contributed by atoms with Gasteiger partial charge >= 0.3 is 0 Å². The predicted octanol–water partition coefficient (Wildman–Crippen LogP) is 5.30. The lowest BCUT2D eigenvalue weighted by atomic mass is 9.87. The lowest BCUT2D eigenvalue weighted by Gasteiger charge is -2.21. The third-order valence-corrected chi connectivity index (χ3v) is 4.98. The van der Waals surface area contributed by atoms with Crippen LogP contribution in [0.25, 0.3) is 0 Å². The highest BCUT2D eigenvalue weighted by Crippen LogP contribution is 2.31. The lowest BCUT2D eigenvalue weighted by Crippen LogP contribution is -2.24. The standard InChI is InChI=1S/C26H29N3O3/c1-26(2,3)18-14-15-23(32-4)22(16-18)29-24(30)17-27-21-13-9-8-12-20(21)25(31)28-19-10-6-5-7-11-19/h5-16,27H,17H2,1-4H3,(H,28,31)(H,29,30). The summed E-state index contributed by atoms with van der Waals surface area (Å²) in [6.07, 6.45) is 0. The Balaban J connectivity index is 1.69. The Labute approximate surface area is 189 Å². The molecular formula is C26H29N3O3. The molecule has 0 spiro atoms. The van der Waals surface area contributed by atoms with Gasteiger partial charge in [0.25, 0.3) is 5.91 Å². The highest BCUT2D eigenvalue weighted by Gasteiger charge is 2.17. The SMILES string of the molecule is COc1ccc(C(C)(C)C)cc1NC(=O)CNc1ccccc1C(=O)Nc1ccccc1. The van der Waals surface area contributed by atoms with Gasteiger partial charge in [0.05, 0.1) is 24.9 Å². The Morgan fingerprint density at radius 3 is 2.22 bits per heavy atom. The van der Waals surface area contributed by atoms with E-state index in [1.807, 2.05) is 54.6 Å². The summed E-state index contributed by atoms with van der Waals surface area (Å²) in [7, 11) is 1.57. The van der Waals surface area contributed by atoms with Gasteiger partial charge in [0.2, 0.25) is 5.91 Å². The number of carbonyl (C=O) groups excluding carboxylic acids is 2. The van der Waals surface area contributed by atoms with Crippen LogP contribution in [0.5, 0.6) is 5.75 Å². The van der Waals surface area contributed by atoms with Crippen LogP contribution >= 0.6 is 0 Å². The van der Waals surface area contributed by atoms with Gasteiger partial charge in [-0.25, -0.2) is 0 Å². The van der Waals surface area contributed by atoms with Crippen molar-refractivity contribution in [1.82, 2.24) is 0 Å².